The number of aromatic nitrogens is 2. The molecule has 0 amide bonds. The summed E-state index contributed by atoms with van der Waals surface area (Å²) in [4.78, 5) is 15.1. The first-order valence-electron chi connectivity index (χ1n) is 11.0. The van der Waals surface area contributed by atoms with Gasteiger partial charge in [-0.25, -0.2) is 4.79 Å². The molecule has 1 aromatic heterocycles. The van der Waals surface area contributed by atoms with Crippen molar-refractivity contribution in [1.82, 2.24) is 15.1 Å². The van der Waals surface area contributed by atoms with E-state index >= 15 is 0 Å². The van der Waals surface area contributed by atoms with E-state index in [-0.39, 0.29) is 24.1 Å². The van der Waals surface area contributed by atoms with Crippen molar-refractivity contribution in [2.24, 2.45) is 5.92 Å². The van der Waals surface area contributed by atoms with Crippen LogP contribution >= 0.6 is 0 Å². The van der Waals surface area contributed by atoms with Gasteiger partial charge in [-0.05, 0) is 56.3 Å². The lowest BCUT2D eigenvalue weighted by Gasteiger charge is -2.39. The molecule has 2 atom stereocenters. The number of likely N-dealkylation sites (tertiary alicyclic amines) is 1. The standard InChI is InChI=1S/C25H26F3N3O3/c1-31-13-3-4-18(23(31)17-7-11-20(33-2)12-8-17)15-34-24(32)21-14-29-30-22(21)16-5-9-19(10-6-16)25(26,27)28/h5-12,14,18,23H,3-4,13,15H2,1-2H3,(H,29,30). The van der Waals surface area contributed by atoms with E-state index in [1.54, 1.807) is 7.11 Å². The van der Waals surface area contributed by atoms with E-state index in [1.807, 2.05) is 24.3 Å². The number of H-pyrrole nitrogens is 1. The van der Waals surface area contributed by atoms with E-state index in [1.165, 1.54) is 18.3 Å². The summed E-state index contributed by atoms with van der Waals surface area (Å²) in [6.45, 7) is 1.17. The minimum absolute atomic E-state index is 0.0891. The maximum absolute atomic E-state index is 12.9. The molecule has 3 aromatic rings. The average molecular weight is 473 g/mol. The van der Waals surface area contributed by atoms with Crippen molar-refractivity contribution in [2.75, 3.05) is 27.3 Å². The van der Waals surface area contributed by atoms with Gasteiger partial charge in [-0.3, -0.25) is 10.00 Å². The number of piperidine rings is 1. The molecule has 0 saturated carbocycles. The van der Waals surface area contributed by atoms with Crippen LogP contribution < -0.4 is 4.74 Å². The fourth-order valence-corrected chi connectivity index (χ4v) is 4.51. The quantitative estimate of drug-likeness (QED) is 0.490. The molecule has 2 unspecified atom stereocenters. The summed E-state index contributed by atoms with van der Waals surface area (Å²) >= 11 is 0. The van der Waals surface area contributed by atoms with Gasteiger partial charge in [0, 0.05) is 17.5 Å². The average Bonchev–Trinajstić information content (AvgIpc) is 3.32. The molecule has 0 aliphatic carbocycles. The summed E-state index contributed by atoms with van der Waals surface area (Å²) in [5.41, 5.74) is 1.30. The Hall–Kier alpha value is -3.33. The Kier molecular flexibility index (Phi) is 6.92. The van der Waals surface area contributed by atoms with Gasteiger partial charge >= 0.3 is 12.1 Å². The van der Waals surface area contributed by atoms with Crippen molar-refractivity contribution in [1.29, 1.82) is 0 Å². The number of hydrogen-bond acceptors (Lipinski definition) is 5. The molecule has 6 nitrogen and oxygen atoms in total. The second-order valence-electron chi connectivity index (χ2n) is 8.43. The van der Waals surface area contributed by atoms with Crippen LogP contribution in [0.3, 0.4) is 0 Å². The molecule has 1 N–H and O–H groups in total. The highest BCUT2D eigenvalue weighted by molar-refractivity contribution is 5.95. The number of ether oxygens (including phenoxy) is 2. The van der Waals surface area contributed by atoms with Crippen LogP contribution in [0.2, 0.25) is 0 Å². The number of esters is 1. The van der Waals surface area contributed by atoms with Crippen LogP contribution in [0.5, 0.6) is 5.75 Å². The first kappa shape index (κ1) is 23.8. The van der Waals surface area contributed by atoms with E-state index in [9.17, 15) is 18.0 Å². The van der Waals surface area contributed by atoms with Crippen LogP contribution in [0, 0.1) is 5.92 Å². The third-order valence-corrected chi connectivity index (χ3v) is 6.25. The number of nitrogens with zero attached hydrogens (tertiary/aromatic N) is 2. The zero-order valence-electron chi connectivity index (χ0n) is 18.9. The molecule has 0 spiro atoms. The van der Waals surface area contributed by atoms with E-state index in [2.05, 4.69) is 22.1 Å². The molecule has 0 bridgehead atoms. The Morgan fingerprint density at radius 2 is 1.85 bits per heavy atom. The molecule has 1 fully saturated rings. The topological polar surface area (TPSA) is 67.5 Å². The number of methoxy groups -OCH3 is 1. The van der Waals surface area contributed by atoms with Crippen molar-refractivity contribution in [3.05, 3.63) is 71.4 Å². The number of aromatic amines is 1. The predicted molar refractivity (Wildman–Crippen MR) is 120 cm³/mol. The van der Waals surface area contributed by atoms with Gasteiger partial charge in [0.25, 0.3) is 0 Å². The minimum Gasteiger partial charge on any atom is -0.497 e. The number of carbonyl (C=O) groups excluding carboxylic acids is 1. The molecule has 2 aromatic carbocycles. The molecule has 1 aliphatic rings. The highest BCUT2D eigenvalue weighted by Gasteiger charge is 2.32. The van der Waals surface area contributed by atoms with E-state index < -0.39 is 17.7 Å². The van der Waals surface area contributed by atoms with Crippen LogP contribution in [-0.2, 0) is 10.9 Å². The summed E-state index contributed by atoms with van der Waals surface area (Å²) in [5, 5.41) is 6.61. The van der Waals surface area contributed by atoms with Crippen LogP contribution in [0.15, 0.2) is 54.7 Å². The van der Waals surface area contributed by atoms with Crippen LogP contribution in [0.1, 0.15) is 40.4 Å². The third-order valence-electron chi connectivity index (χ3n) is 6.25. The zero-order valence-corrected chi connectivity index (χ0v) is 18.9. The van der Waals surface area contributed by atoms with E-state index in [0.717, 1.165) is 42.8 Å². The summed E-state index contributed by atoms with van der Waals surface area (Å²) in [6.07, 6.45) is -1.19. The van der Waals surface area contributed by atoms with Crippen LogP contribution in [0.25, 0.3) is 11.3 Å². The SMILES string of the molecule is COc1ccc(C2C(COC(=O)c3cn[nH]c3-c3ccc(C(F)(F)F)cc3)CCCN2C)cc1. The van der Waals surface area contributed by atoms with Crippen molar-refractivity contribution >= 4 is 5.97 Å². The minimum atomic E-state index is -4.43. The van der Waals surface area contributed by atoms with Crippen molar-refractivity contribution in [3.63, 3.8) is 0 Å². The number of nitrogens with one attached hydrogen (secondary N) is 1. The number of rotatable bonds is 6. The third kappa shape index (κ3) is 5.09. The molecule has 180 valence electrons. The molecule has 9 heteroatoms. The van der Waals surface area contributed by atoms with Gasteiger partial charge in [-0.2, -0.15) is 18.3 Å². The van der Waals surface area contributed by atoms with Crippen LogP contribution in [0.4, 0.5) is 13.2 Å². The van der Waals surface area contributed by atoms with Crippen molar-refractivity contribution in [3.8, 4) is 17.0 Å². The highest BCUT2D eigenvalue weighted by atomic mass is 19.4. The lowest BCUT2D eigenvalue weighted by Crippen LogP contribution is -2.38. The molecule has 2 heterocycles. The molecule has 1 aliphatic heterocycles. The molecule has 0 radical (unpaired) electrons. The summed E-state index contributed by atoms with van der Waals surface area (Å²) in [7, 11) is 3.68. The largest absolute Gasteiger partial charge is 0.497 e. The van der Waals surface area contributed by atoms with Gasteiger partial charge in [0.2, 0.25) is 0 Å². The monoisotopic (exact) mass is 473 g/mol. The Morgan fingerprint density at radius 1 is 1.15 bits per heavy atom. The Bertz CT molecular complexity index is 1110. The van der Waals surface area contributed by atoms with Gasteiger partial charge in [-0.1, -0.05) is 24.3 Å². The predicted octanol–water partition coefficient (Wildman–Crippen LogP) is 5.34. The maximum Gasteiger partial charge on any atom is 0.416 e. The molecule has 4 rings (SSSR count). The molecular weight excluding hydrogens is 447 g/mol. The fraction of sp³-hybridized carbons (Fsp3) is 0.360. The van der Waals surface area contributed by atoms with Crippen molar-refractivity contribution in [2.45, 2.75) is 25.1 Å². The Labute approximate surface area is 195 Å². The zero-order chi connectivity index (χ0) is 24.3. The number of alkyl halides is 3. The lowest BCUT2D eigenvalue weighted by atomic mass is 9.85. The number of carbonyl (C=O) groups is 1. The van der Waals surface area contributed by atoms with Crippen molar-refractivity contribution < 1.29 is 27.4 Å². The Balaban J connectivity index is 1.47. The molecule has 34 heavy (non-hydrogen) atoms. The second kappa shape index (κ2) is 9.89. The molecular formula is C25H26F3N3O3. The van der Waals surface area contributed by atoms with E-state index in [4.69, 9.17) is 9.47 Å². The normalized spacial score (nSPS) is 19.1. The lowest BCUT2D eigenvalue weighted by molar-refractivity contribution is -0.137. The van der Waals surface area contributed by atoms with Gasteiger partial charge in [0.05, 0.1) is 31.2 Å². The summed E-state index contributed by atoms with van der Waals surface area (Å²) in [5.74, 6) is 0.309. The summed E-state index contributed by atoms with van der Waals surface area (Å²) in [6, 6.07) is 12.5. The fourth-order valence-electron chi connectivity index (χ4n) is 4.51. The van der Waals surface area contributed by atoms with E-state index in [0.29, 0.717) is 11.3 Å². The first-order chi connectivity index (χ1) is 16.3. The smallest absolute Gasteiger partial charge is 0.416 e. The van der Waals surface area contributed by atoms with Gasteiger partial charge in [0.1, 0.15) is 11.3 Å². The highest BCUT2D eigenvalue weighted by Crippen LogP contribution is 2.36. The van der Waals surface area contributed by atoms with Gasteiger partial charge in [0.15, 0.2) is 0 Å². The van der Waals surface area contributed by atoms with Gasteiger partial charge in [-0.15, -0.1) is 0 Å². The Morgan fingerprint density at radius 3 is 2.50 bits per heavy atom. The number of benzene rings is 2. The first-order valence-corrected chi connectivity index (χ1v) is 11.0. The van der Waals surface area contributed by atoms with Crippen LogP contribution in [-0.4, -0.2) is 48.4 Å². The maximum atomic E-state index is 12.9. The summed E-state index contributed by atoms with van der Waals surface area (Å²) < 4.78 is 49.5. The van der Waals surface area contributed by atoms with Gasteiger partial charge < -0.3 is 9.47 Å². The molecule has 1 saturated heterocycles. The number of halogens is 3. The second-order valence-corrected chi connectivity index (χ2v) is 8.43. The number of hydrogen-bond donors (Lipinski definition) is 1.